The highest BCUT2D eigenvalue weighted by Gasteiger charge is 2.53. The highest BCUT2D eigenvalue weighted by molar-refractivity contribution is 6.31. The predicted octanol–water partition coefficient (Wildman–Crippen LogP) is 8.13. The van der Waals surface area contributed by atoms with Crippen molar-refractivity contribution >= 4 is 58.2 Å². The van der Waals surface area contributed by atoms with Crippen molar-refractivity contribution < 1.29 is 92.9 Å². The molecule has 2 aliphatic rings. The van der Waals surface area contributed by atoms with E-state index in [4.69, 9.17) is 65.4 Å². The van der Waals surface area contributed by atoms with Crippen molar-refractivity contribution in [2.45, 2.75) is 106 Å². The van der Waals surface area contributed by atoms with E-state index in [1.54, 1.807) is 0 Å². The van der Waals surface area contributed by atoms with Crippen LogP contribution in [0.2, 0.25) is 20.1 Å². The van der Waals surface area contributed by atoms with Gasteiger partial charge in [0.25, 0.3) is 0 Å². The van der Waals surface area contributed by atoms with E-state index in [-0.39, 0.29) is 81.8 Å². The number of halogens is 14. The van der Waals surface area contributed by atoms with Crippen LogP contribution in [0.5, 0.6) is 0 Å². The Kier molecular flexibility index (Phi) is 21.5. The second-order valence-corrected chi connectivity index (χ2v) is 23.3. The van der Waals surface area contributed by atoms with E-state index in [0.29, 0.717) is 18.6 Å². The number of aryl methyl sites for hydroxylation is 2. The number of amides is 2. The van der Waals surface area contributed by atoms with Gasteiger partial charge in [-0.2, -0.15) is 36.5 Å². The Balaban J connectivity index is 0.827. The summed E-state index contributed by atoms with van der Waals surface area (Å²) >= 11 is 23.8. The second kappa shape index (κ2) is 29.1. The summed E-state index contributed by atoms with van der Waals surface area (Å²) in [7, 11) is 0. The highest BCUT2D eigenvalue weighted by Crippen LogP contribution is 2.45. The van der Waals surface area contributed by atoms with Crippen LogP contribution >= 0.6 is 46.4 Å². The summed E-state index contributed by atoms with van der Waals surface area (Å²) in [5, 5.41) is 72.5. The van der Waals surface area contributed by atoms with Gasteiger partial charge in [0.15, 0.2) is 11.6 Å². The van der Waals surface area contributed by atoms with Crippen molar-refractivity contribution in [3.8, 4) is 33.9 Å². The lowest BCUT2D eigenvalue weighted by atomic mass is 9.91. The van der Waals surface area contributed by atoms with E-state index >= 15 is 0 Å². The van der Waals surface area contributed by atoms with Crippen molar-refractivity contribution in [2.75, 3.05) is 39.5 Å². The number of benzene rings is 4. The Labute approximate surface area is 549 Å². The van der Waals surface area contributed by atoms with Crippen molar-refractivity contribution in [2.24, 2.45) is 0 Å². The van der Waals surface area contributed by atoms with Crippen LogP contribution in [0.3, 0.4) is 0 Å². The number of aliphatic hydroxyl groups excluding tert-OH is 4. The highest BCUT2D eigenvalue weighted by atomic mass is 35.5. The van der Waals surface area contributed by atoms with E-state index in [2.05, 4.69) is 51.4 Å². The van der Waals surface area contributed by atoms with Crippen LogP contribution in [-0.2, 0) is 40.9 Å². The lowest BCUT2D eigenvalue weighted by molar-refractivity contribution is -0.223. The van der Waals surface area contributed by atoms with Gasteiger partial charge in [-0.05, 0) is 93.8 Å². The first kappa shape index (κ1) is 70.3. The van der Waals surface area contributed by atoms with Crippen molar-refractivity contribution in [3.63, 3.8) is 0 Å². The van der Waals surface area contributed by atoms with Gasteiger partial charge in [0.05, 0.1) is 48.1 Å². The van der Waals surface area contributed by atoms with Gasteiger partial charge in [0.2, 0.25) is 11.8 Å². The number of carbonyl (C=O) groups is 2. The van der Waals surface area contributed by atoms with Gasteiger partial charge in [-0.3, -0.25) is 9.59 Å². The van der Waals surface area contributed by atoms with Crippen LogP contribution in [0.25, 0.3) is 33.9 Å². The largest absolute Gasteiger partial charge is 0.418 e. The minimum Gasteiger partial charge on any atom is -0.394 e. The molecule has 0 aliphatic carbocycles. The molecule has 508 valence electrons. The summed E-state index contributed by atoms with van der Waals surface area (Å²) in [6, 6.07) is 5.67. The Morgan fingerprint density at radius 2 is 0.947 bits per heavy atom. The molecule has 2 saturated heterocycles. The third-order valence-electron chi connectivity index (χ3n) is 15.2. The molecule has 10 rings (SSSR count). The molecule has 0 saturated carbocycles. The van der Waals surface area contributed by atoms with Crippen LogP contribution in [0.15, 0.2) is 73.1 Å². The van der Waals surface area contributed by atoms with Crippen LogP contribution < -0.4 is 10.6 Å². The monoisotopic (exact) mass is 1420 g/mol. The Morgan fingerprint density at radius 3 is 1.29 bits per heavy atom. The first-order chi connectivity index (χ1) is 45.0. The van der Waals surface area contributed by atoms with E-state index in [1.807, 2.05) is 0 Å². The number of aliphatic hydroxyl groups is 4. The molecular weight excluding hydrogens is 1370 g/mol. The number of alkyl halides is 6. The minimum atomic E-state index is -4.97. The second-order valence-electron chi connectivity index (χ2n) is 21.7. The maximum absolute atomic E-state index is 14.6. The summed E-state index contributed by atoms with van der Waals surface area (Å²) in [5.41, 5.74) is -4.30. The first-order valence-electron chi connectivity index (χ1n) is 28.4. The molecule has 0 spiro atoms. The molecule has 38 heteroatoms. The average molecular weight is 1420 g/mol. The standard InChI is InChI=1S/C57H52Cl4F10N14O10/c1-24-74-54(84(78-24)38-16-28(58)6-8-30(38)56(66,67)68)52-50(46(48(90)40(20-86)94-52)82-18-36(76-80-82)26-12-32(62)44(60)33(63)13-26)92-22-42(88)72-10-4-3-5-11-73-43(89)23-93-51-47(83-19-37(77-81-83)27-14-34(64)45(61)35(65)15-27)49(91)41(21-87)95-53(51)55-75-25(2)79-85(55)39-17-29(59)7-9-31(39)57(69,70)71/h6-9,12-19,40-41,46-53,86-87,90-91H,3-5,10-11,20-23H2,1-2H3,(H,72,88)(H,73,89). The summed E-state index contributed by atoms with van der Waals surface area (Å²) in [4.78, 5) is 35.9. The molecule has 8 aromatic rings. The fourth-order valence-corrected chi connectivity index (χ4v) is 11.4. The maximum atomic E-state index is 14.6. The SMILES string of the molecule is Cc1nc(C2OC(CO)C(O)C(n3cc(-c4cc(F)c(Cl)c(F)c4)nn3)C2OCC(=O)NCCCCCNC(=O)COC2C(c3nc(C)nn3-c3cc(Cl)ccc3C(F)(F)F)OC(CO)C(O)C2n2cc(-c3cc(F)c(Cl)c(F)c3)nn2)n(-c2cc(Cl)ccc2C(F)(F)F)n1. The quantitative estimate of drug-likeness (QED) is 0.0212. The fourth-order valence-electron chi connectivity index (χ4n) is 10.9. The average Bonchev–Trinajstić information content (AvgIpc) is 1.74. The number of hydrogen-bond donors (Lipinski definition) is 6. The van der Waals surface area contributed by atoms with Gasteiger partial charge in [0, 0.05) is 34.3 Å². The van der Waals surface area contributed by atoms with Crippen molar-refractivity contribution in [1.29, 1.82) is 0 Å². The van der Waals surface area contributed by atoms with Crippen molar-refractivity contribution in [3.05, 3.63) is 151 Å². The number of aromatic nitrogens is 12. The number of ether oxygens (including phenoxy) is 4. The van der Waals surface area contributed by atoms with Crippen LogP contribution in [0.4, 0.5) is 43.9 Å². The summed E-state index contributed by atoms with van der Waals surface area (Å²) in [5.74, 6) is -7.11. The van der Waals surface area contributed by atoms with Crippen LogP contribution in [0, 0.1) is 37.1 Å². The summed E-state index contributed by atoms with van der Waals surface area (Å²) in [6.45, 7) is -0.809. The third kappa shape index (κ3) is 15.4. The molecule has 95 heavy (non-hydrogen) atoms. The Bertz CT molecular complexity index is 3810. The molecule has 4 aromatic carbocycles. The number of carbonyl (C=O) groups excluding carboxylic acids is 2. The number of nitrogens with zero attached hydrogens (tertiary/aromatic N) is 12. The van der Waals surface area contributed by atoms with E-state index < -0.39 is 167 Å². The summed E-state index contributed by atoms with van der Waals surface area (Å²) in [6.07, 6.45) is -20.2. The topological polar surface area (TPSA) is 299 Å². The van der Waals surface area contributed by atoms with E-state index in [0.717, 1.165) is 79.7 Å². The van der Waals surface area contributed by atoms with Gasteiger partial charge < -0.3 is 50.0 Å². The van der Waals surface area contributed by atoms with Gasteiger partial charge >= 0.3 is 12.4 Å². The smallest absolute Gasteiger partial charge is 0.394 e. The summed E-state index contributed by atoms with van der Waals surface area (Å²) < 4.78 is 174. The zero-order valence-corrected chi connectivity index (χ0v) is 52.0. The molecule has 2 aliphatic heterocycles. The van der Waals surface area contributed by atoms with Gasteiger partial charge in [-0.15, -0.1) is 10.2 Å². The molecule has 0 bridgehead atoms. The molecule has 2 amide bonds. The number of unbranched alkanes of at least 4 members (excludes halogenated alkanes) is 2. The third-order valence-corrected chi connectivity index (χ3v) is 16.4. The van der Waals surface area contributed by atoms with Crippen LogP contribution in [-0.4, -0.2) is 168 Å². The number of hydrogen-bond acceptors (Lipinski definition) is 18. The number of nitrogens with one attached hydrogen (secondary N) is 2. The molecule has 6 N–H and O–H groups in total. The minimum absolute atomic E-state index is 0.0110. The lowest BCUT2D eigenvalue weighted by Crippen LogP contribution is -2.54. The van der Waals surface area contributed by atoms with E-state index in [1.165, 1.54) is 13.8 Å². The molecular formula is C57H52Cl4F10N14O10. The normalized spacial score (nSPS) is 21.7. The van der Waals surface area contributed by atoms with E-state index in [9.17, 15) is 73.9 Å². The van der Waals surface area contributed by atoms with Gasteiger partial charge in [-0.25, -0.2) is 46.3 Å². The molecule has 10 atom stereocenters. The zero-order chi connectivity index (χ0) is 68.5. The number of rotatable bonds is 22. The lowest BCUT2D eigenvalue weighted by Gasteiger charge is -2.43. The van der Waals surface area contributed by atoms with Gasteiger partial charge in [-0.1, -0.05) is 56.8 Å². The fraction of sp³-hybridized carbons (Fsp3) is 0.404. The molecule has 2 fully saturated rings. The van der Waals surface area contributed by atoms with Crippen LogP contribution in [0.1, 0.15) is 78.0 Å². The zero-order valence-electron chi connectivity index (χ0n) is 49.0. The van der Waals surface area contributed by atoms with Crippen molar-refractivity contribution in [1.82, 2.24) is 70.2 Å². The first-order valence-corrected chi connectivity index (χ1v) is 30.0. The predicted molar refractivity (Wildman–Crippen MR) is 312 cm³/mol. The Hall–Kier alpha value is -7.48. The maximum Gasteiger partial charge on any atom is 0.418 e. The molecule has 4 aromatic heterocycles. The molecule has 6 heterocycles. The molecule has 24 nitrogen and oxygen atoms in total. The Morgan fingerprint density at radius 1 is 0.579 bits per heavy atom. The van der Waals surface area contributed by atoms with Gasteiger partial charge in [0.1, 0.15) is 130 Å². The molecule has 0 radical (unpaired) electrons. The molecule has 10 unspecified atom stereocenters.